The van der Waals surface area contributed by atoms with Gasteiger partial charge in [-0.05, 0) is 32.5 Å². The molecule has 1 unspecified atom stereocenters. The average Bonchev–Trinajstić information content (AvgIpc) is 2.37. The molecule has 1 atom stereocenters. The van der Waals surface area contributed by atoms with E-state index < -0.39 is 0 Å². The Morgan fingerprint density at radius 3 is 2.95 bits per heavy atom. The first-order valence-corrected chi connectivity index (χ1v) is 6.74. The second-order valence-corrected chi connectivity index (χ2v) is 5.98. The highest BCUT2D eigenvalue weighted by Crippen LogP contribution is 2.25. The number of nitriles is 1. The van der Waals surface area contributed by atoms with Crippen LogP contribution in [0.5, 0.6) is 0 Å². The molecule has 2 heterocycles. The van der Waals surface area contributed by atoms with E-state index in [0.717, 1.165) is 19.6 Å². The van der Waals surface area contributed by atoms with Crippen molar-refractivity contribution in [3.05, 3.63) is 30.1 Å². The molecule has 0 aromatic carbocycles. The smallest absolute Gasteiger partial charge is 0.0638 e. The van der Waals surface area contributed by atoms with Crippen molar-refractivity contribution in [1.82, 2.24) is 14.8 Å². The Kier molecular flexibility index (Phi) is 4.18. The van der Waals surface area contributed by atoms with E-state index in [0.29, 0.717) is 12.5 Å². The fraction of sp³-hybridized carbons (Fsp3) is 0.600. The number of aromatic nitrogens is 1. The lowest BCUT2D eigenvalue weighted by Gasteiger charge is -2.49. The lowest BCUT2D eigenvalue weighted by atomic mass is 9.94. The summed E-state index contributed by atoms with van der Waals surface area (Å²) >= 11 is 0. The second kappa shape index (κ2) is 5.68. The molecule has 1 saturated heterocycles. The van der Waals surface area contributed by atoms with Gasteiger partial charge >= 0.3 is 0 Å². The Bertz CT molecular complexity index is 449. The lowest BCUT2D eigenvalue weighted by Crippen LogP contribution is -2.61. The summed E-state index contributed by atoms with van der Waals surface area (Å²) in [5.41, 5.74) is 1.36. The maximum absolute atomic E-state index is 9.01. The van der Waals surface area contributed by atoms with E-state index in [1.165, 1.54) is 5.56 Å². The Morgan fingerprint density at radius 2 is 2.32 bits per heavy atom. The van der Waals surface area contributed by atoms with Crippen LogP contribution in [0.4, 0.5) is 0 Å². The van der Waals surface area contributed by atoms with Gasteiger partial charge in [-0.3, -0.25) is 14.8 Å². The minimum Gasteiger partial charge on any atom is -0.298 e. The zero-order valence-corrected chi connectivity index (χ0v) is 12.0. The molecule has 4 nitrogen and oxygen atoms in total. The SMILES string of the molecule is CN1CC(CC#N)N(Cc2cccnc2)CC1(C)C. The number of hydrogen-bond donors (Lipinski definition) is 0. The summed E-state index contributed by atoms with van der Waals surface area (Å²) in [6.45, 7) is 7.31. The van der Waals surface area contributed by atoms with Gasteiger partial charge in [0.2, 0.25) is 0 Å². The molecule has 4 heteroatoms. The van der Waals surface area contributed by atoms with Gasteiger partial charge in [-0.1, -0.05) is 6.07 Å². The van der Waals surface area contributed by atoms with Crippen LogP contribution in [0.25, 0.3) is 0 Å². The lowest BCUT2D eigenvalue weighted by molar-refractivity contribution is -0.00420. The van der Waals surface area contributed by atoms with Crippen molar-refractivity contribution in [1.29, 1.82) is 5.26 Å². The molecule has 0 amide bonds. The molecule has 1 aromatic rings. The zero-order valence-electron chi connectivity index (χ0n) is 12.0. The average molecular weight is 258 g/mol. The van der Waals surface area contributed by atoms with Crippen LogP contribution in [-0.4, -0.2) is 46.5 Å². The monoisotopic (exact) mass is 258 g/mol. The fourth-order valence-corrected chi connectivity index (χ4v) is 2.64. The highest BCUT2D eigenvalue weighted by Gasteiger charge is 2.36. The minimum absolute atomic E-state index is 0.147. The van der Waals surface area contributed by atoms with Crippen LogP contribution in [0.2, 0.25) is 0 Å². The molecule has 0 aliphatic carbocycles. The maximum Gasteiger partial charge on any atom is 0.0638 e. The molecule has 0 saturated carbocycles. The molecule has 1 aromatic heterocycles. The van der Waals surface area contributed by atoms with Crippen molar-refractivity contribution in [3.63, 3.8) is 0 Å². The maximum atomic E-state index is 9.01. The molecule has 102 valence electrons. The molecule has 1 fully saturated rings. The van der Waals surface area contributed by atoms with Crippen molar-refractivity contribution in [2.24, 2.45) is 0 Å². The number of likely N-dealkylation sites (N-methyl/N-ethyl adjacent to an activating group) is 1. The van der Waals surface area contributed by atoms with Crippen LogP contribution >= 0.6 is 0 Å². The molecule has 0 N–H and O–H groups in total. The molecular weight excluding hydrogens is 236 g/mol. The quantitative estimate of drug-likeness (QED) is 0.830. The summed E-state index contributed by atoms with van der Waals surface area (Å²) in [4.78, 5) is 8.94. The number of piperazine rings is 1. The van der Waals surface area contributed by atoms with Crippen LogP contribution in [0, 0.1) is 11.3 Å². The Balaban J connectivity index is 2.13. The zero-order chi connectivity index (χ0) is 13.9. The molecule has 0 bridgehead atoms. The summed E-state index contributed by atoms with van der Waals surface area (Å²) in [7, 11) is 2.14. The number of pyridine rings is 1. The summed E-state index contributed by atoms with van der Waals surface area (Å²) < 4.78 is 0. The van der Waals surface area contributed by atoms with Gasteiger partial charge in [0.15, 0.2) is 0 Å². The first-order valence-electron chi connectivity index (χ1n) is 6.74. The summed E-state index contributed by atoms with van der Waals surface area (Å²) in [6.07, 6.45) is 4.29. The number of rotatable bonds is 3. The van der Waals surface area contributed by atoms with Crippen LogP contribution in [0.3, 0.4) is 0 Å². The van der Waals surface area contributed by atoms with Gasteiger partial charge in [0.25, 0.3) is 0 Å². The highest BCUT2D eigenvalue weighted by atomic mass is 15.3. The van der Waals surface area contributed by atoms with E-state index in [-0.39, 0.29) is 5.54 Å². The van der Waals surface area contributed by atoms with Gasteiger partial charge in [-0.25, -0.2) is 0 Å². The van der Waals surface area contributed by atoms with Crippen molar-refractivity contribution >= 4 is 0 Å². The van der Waals surface area contributed by atoms with Gasteiger partial charge in [0.1, 0.15) is 0 Å². The first-order chi connectivity index (χ1) is 9.03. The van der Waals surface area contributed by atoms with E-state index >= 15 is 0 Å². The molecular formula is C15H22N4. The van der Waals surface area contributed by atoms with Crippen molar-refractivity contribution in [3.8, 4) is 6.07 Å². The van der Waals surface area contributed by atoms with Gasteiger partial charge in [-0.15, -0.1) is 0 Å². The number of nitrogens with zero attached hydrogens (tertiary/aromatic N) is 4. The van der Waals surface area contributed by atoms with Crippen molar-refractivity contribution in [2.75, 3.05) is 20.1 Å². The first kappa shape index (κ1) is 14.0. The van der Waals surface area contributed by atoms with E-state index in [2.05, 4.69) is 47.8 Å². The third kappa shape index (κ3) is 3.31. The highest BCUT2D eigenvalue weighted by molar-refractivity contribution is 5.10. The predicted octanol–water partition coefficient (Wildman–Crippen LogP) is 1.89. The molecule has 1 aliphatic heterocycles. The predicted molar refractivity (Wildman–Crippen MR) is 75.4 cm³/mol. The largest absolute Gasteiger partial charge is 0.298 e. The summed E-state index contributed by atoms with van der Waals surface area (Å²) in [5.74, 6) is 0. The van der Waals surface area contributed by atoms with Gasteiger partial charge in [-0.2, -0.15) is 5.26 Å². The Labute approximate surface area is 115 Å². The van der Waals surface area contributed by atoms with Gasteiger partial charge in [0.05, 0.1) is 12.5 Å². The Morgan fingerprint density at radius 1 is 1.53 bits per heavy atom. The van der Waals surface area contributed by atoms with Crippen LogP contribution in [0.1, 0.15) is 25.8 Å². The van der Waals surface area contributed by atoms with Gasteiger partial charge < -0.3 is 0 Å². The molecule has 2 rings (SSSR count). The van der Waals surface area contributed by atoms with E-state index in [4.69, 9.17) is 5.26 Å². The van der Waals surface area contributed by atoms with Crippen LogP contribution in [-0.2, 0) is 6.54 Å². The third-order valence-corrected chi connectivity index (χ3v) is 4.06. The summed E-state index contributed by atoms with van der Waals surface area (Å²) in [6, 6.07) is 6.69. The fourth-order valence-electron chi connectivity index (χ4n) is 2.64. The normalized spacial score (nSPS) is 24.0. The van der Waals surface area contributed by atoms with Crippen molar-refractivity contribution < 1.29 is 0 Å². The molecule has 0 spiro atoms. The van der Waals surface area contributed by atoms with Crippen molar-refractivity contribution in [2.45, 2.75) is 38.4 Å². The van der Waals surface area contributed by atoms with Crippen LogP contribution < -0.4 is 0 Å². The van der Waals surface area contributed by atoms with E-state index in [1.807, 2.05) is 12.3 Å². The number of hydrogen-bond acceptors (Lipinski definition) is 4. The molecule has 0 radical (unpaired) electrons. The minimum atomic E-state index is 0.147. The molecule has 19 heavy (non-hydrogen) atoms. The van der Waals surface area contributed by atoms with E-state index in [1.54, 1.807) is 6.20 Å². The standard InChI is InChI=1S/C15H22N4/c1-15(2)12-19(10-13-5-4-8-17-9-13)14(6-7-16)11-18(15)3/h4-5,8-9,14H,6,10-12H2,1-3H3. The summed E-state index contributed by atoms with van der Waals surface area (Å²) in [5, 5.41) is 9.01. The topological polar surface area (TPSA) is 43.2 Å². The second-order valence-electron chi connectivity index (χ2n) is 5.98. The van der Waals surface area contributed by atoms with Gasteiger partial charge in [0, 0.05) is 43.6 Å². The third-order valence-electron chi connectivity index (χ3n) is 4.06. The molecule has 1 aliphatic rings. The Hall–Kier alpha value is -1.44. The van der Waals surface area contributed by atoms with E-state index in [9.17, 15) is 0 Å². The van der Waals surface area contributed by atoms with Crippen LogP contribution in [0.15, 0.2) is 24.5 Å².